The predicted octanol–water partition coefficient (Wildman–Crippen LogP) is 6.47. The number of benzene rings is 2. The first-order valence-electron chi connectivity index (χ1n) is 8.04. The van der Waals surface area contributed by atoms with Gasteiger partial charge in [-0.05, 0) is 90.0 Å². The molecular weight excluding hydrogens is 461 g/mol. The molecule has 0 saturated heterocycles. The van der Waals surface area contributed by atoms with Crippen LogP contribution in [0.25, 0.3) is 17.4 Å². The van der Waals surface area contributed by atoms with Crippen molar-refractivity contribution < 1.29 is 9.21 Å². The zero-order chi connectivity index (χ0) is 18.7. The van der Waals surface area contributed by atoms with Crippen molar-refractivity contribution in [1.82, 2.24) is 0 Å². The number of rotatable bonds is 4. The summed E-state index contributed by atoms with van der Waals surface area (Å²) in [6.45, 7) is 3.92. The van der Waals surface area contributed by atoms with E-state index in [9.17, 15) is 4.79 Å². The van der Waals surface area contributed by atoms with Crippen molar-refractivity contribution in [2.45, 2.75) is 13.8 Å². The number of nitrogens with one attached hydrogen (secondary N) is 1. The van der Waals surface area contributed by atoms with Crippen LogP contribution in [0.5, 0.6) is 0 Å². The largest absolute Gasteiger partial charge is 0.457 e. The average Bonchev–Trinajstić information content (AvgIpc) is 3.07. The molecule has 1 N–H and O–H groups in total. The topological polar surface area (TPSA) is 42.2 Å². The van der Waals surface area contributed by atoms with Gasteiger partial charge in [0.05, 0.1) is 0 Å². The number of hydrogen-bond donors (Lipinski definition) is 1. The molecule has 0 aliphatic rings. The maximum Gasteiger partial charge on any atom is 0.248 e. The number of halogens is 2. The third-order valence-corrected chi connectivity index (χ3v) is 5.01. The van der Waals surface area contributed by atoms with Crippen molar-refractivity contribution in [2.24, 2.45) is 0 Å². The summed E-state index contributed by atoms with van der Waals surface area (Å²) in [7, 11) is 0. The first kappa shape index (κ1) is 18.7. The molecule has 5 heteroatoms. The molecule has 0 fully saturated rings. The van der Waals surface area contributed by atoms with Gasteiger partial charge in [-0.3, -0.25) is 4.79 Å². The van der Waals surface area contributed by atoms with Crippen LogP contribution in [0.4, 0.5) is 5.69 Å². The summed E-state index contributed by atoms with van der Waals surface area (Å²) < 4.78 is 6.91. The van der Waals surface area contributed by atoms with Crippen LogP contribution < -0.4 is 5.32 Å². The van der Waals surface area contributed by atoms with Crippen molar-refractivity contribution in [3.8, 4) is 11.3 Å². The van der Waals surface area contributed by atoms with Crippen LogP contribution in [-0.4, -0.2) is 5.91 Å². The van der Waals surface area contributed by atoms with Crippen molar-refractivity contribution >= 4 is 51.9 Å². The molecule has 1 heterocycles. The highest BCUT2D eigenvalue weighted by Crippen LogP contribution is 2.27. The van der Waals surface area contributed by atoms with E-state index in [1.54, 1.807) is 6.08 Å². The second-order valence-electron chi connectivity index (χ2n) is 5.95. The van der Waals surface area contributed by atoms with Crippen LogP contribution in [0.3, 0.4) is 0 Å². The fourth-order valence-electron chi connectivity index (χ4n) is 2.44. The molecule has 3 nitrogen and oxygen atoms in total. The zero-order valence-electron chi connectivity index (χ0n) is 14.3. The third kappa shape index (κ3) is 4.56. The Morgan fingerprint density at radius 1 is 1.08 bits per heavy atom. The zero-order valence-corrected chi connectivity index (χ0v) is 17.3. The second-order valence-corrected chi connectivity index (χ2v) is 7.60. The summed E-state index contributed by atoms with van der Waals surface area (Å²) in [5.74, 6) is 1.11. The molecule has 3 aromatic rings. The van der Waals surface area contributed by atoms with E-state index >= 15 is 0 Å². The molecule has 132 valence electrons. The smallest absolute Gasteiger partial charge is 0.248 e. The van der Waals surface area contributed by atoms with E-state index in [1.165, 1.54) is 6.08 Å². The van der Waals surface area contributed by atoms with Gasteiger partial charge in [0.2, 0.25) is 5.91 Å². The van der Waals surface area contributed by atoms with Gasteiger partial charge < -0.3 is 9.73 Å². The lowest BCUT2D eigenvalue weighted by molar-refractivity contribution is -0.111. The van der Waals surface area contributed by atoms with E-state index in [4.69, 9.17) is 16.0 Å². The fraction of sp³-hybridized carbons (Fsp3) is 0.0952. The maximum absolute atomic E-state index is 12.1. The minimum absolute atomic E-state index is 0.203. The number of carbonyl (C=O) groups is 1. The third-order valence-electron chi connectivity index (χ3n) is 3.93. The monoisotopic (exact) mass is 477 g/mol. The highest BCUT2D eigenvalue weighted by Gasteiger charge is 2.06. The molecule has 0 radical (unpaired) electrons. The van der Waals surface area contributed by atoms with Gasteiger partial charge in [0.1, 0.15) is 11.5 Å². The lowest BCUT2D eigenvalue weighted by Crippen LogP contribution is -2.08. The number of aryl methyl sites for hydroxylation is 2. The summed E-state index contributed by atoms with van der Waals surface area (Å²) in [4.78, 5) is 12.1. The Balaban J connectivity index is 1.69. The first-order chi connectivity index (χ1) is 12.4. The van der Waals surface area contributed by atoms with E-state index in [1.807, 2.05) is 62.4 Å². The van der Waals surface area contributed by atoms with Gasteiger partial charge in [0.25, 0.3) is 0 Å². The van der Waals surface area contributed by atoms with E-state index in [2.05, 4.69) is 27.9 Å². The SMILES string of the molecule is Cc1ccc(-c2ccc(/C=C/C(=O)Nc3ccc(I)cc3C)o2)cc1Cl. The van der Waals surface area contributed by atoms with Gasteiger partial charge in [-0.2, -0.15) is 0 Å². The van der Waals surface area contributed by atoms with Crippen LogP contribution >= 0.6 is 34.2 Å². The van der Waals surface area contributed by atoms with Gasteiger partial charge in [-0.1, -0.05) is 23.7 Å². The van der Waals surface area contributed by atoms with Crippen LogP contribution in [0.1, 0.15) is 16.9 Å². The first-order valence-corrected chi connectivity index (χ1v) is 9.49. The van der Waals surface area contributed by atoms with Crippen LogP contribution in [0.2, 0.25) is 5.02 Å². The summed E-state index contributed by atoms with van der Waals surface area (Å²) in [5, 5.41) is 3.57. The Labute approximate surface area is 171 Å². The molecule has 26 heavy (non-hydrogen) atoms. The summed E-state index contributed by atoms with van der Waals surface area (Å²) >= 11 is 8.41. The highest BCUT2D eigenvalue weighted by atomic mass is 127. The predicted molar refractivity (Wildman–Crippen MR) is 115 cm³/mol. The number of amides is 1. The molecule has 0 aliphatic carbocycles. The van der Waals surface area contributed by atoms with Gasteiger partial charge >= 0.3 is 0 Å². The fourth-order valence-corrected chi connectivity index (χ4v) is 3.27. The number of anilines is 1. The van der Waals surface area contributed by atoms with E-state index in [0.717, 1.165) is 25.9 Å². The Hall–Kier alpha value is -2.05. The lowest BCUT2D eigenvalue weighted by Gasteiger charge is -2.06. The quantitative estimate of drug-likeness (QED) is 0.345. The van der Waals surface area contributed by atoms with Gasteiger partial charge in [-0.25, -0.2) is 0 Å². The summed E-state index contributed by atoms with van der Waals surface area (Å²) in [6.07, 6.45) is 3.11. The van der Waals surface area contributed by atoms with Crippen molar-refractivity contribution in [3.63, 3.8) is 0 Å². The van der Waals surface area contributed by atoms with E-state index in [0.29, 0.717) is 16.5 Å². The Bertz CT molecular complexity index is 991. The van der Waals surface area contributed by atoms with Crippen LogP contribution in [0.15, 0.2) is 59.0 Å². The number of furan rings is 1. The van der Waals surface area contributed by atoms with Crippen molar-refractivity contribution in [1.29, 1.82) is 0 Å². The standard InChI is InChI=1S/C21H17ClINO2/c1-13-3-4-15(12-18(13)22)20-9-6-17(26-20)7-10-21(25)24-19-8-5-16(23)11-14(19)2/h3-12H,1-2H3,(H,24,25)/b10-7+. The van der Waals surface area contributed by atoms with Gasteiger partial charge in [0.15, 0.2) is 0 Å². The van der Waals surface area contributed by atoms with Gasteiger partial charge in [0, 0.05) is 25.9 Å². The maximum atomic E-state index is 12.1. The van der Waals surface area contributed by atoms with Crippen LogP contribution in [-0.2, 0) is 4.79 Å². The highest BCUT2D eigenvalue weighted by molar-refractivity contribution is 14.1. The number of carbonyl (C=O) groups excluding carboxylic acids is 1. The Kier molecular flexibility index (Phi) is 5.84. The summed E-state index contributed by atoms with van der Waals surface area (Å²) in [5.41, 5.74) is 3.74. The Morgan fingerprint density at radius 3 is 2.62 bits per heavy atom. The Morgan fingerprint density at radius 2 is 1.88 bits per heavy atom. The molecule has 0 spiro atoms. The minimum Gasteiger partial charge on any atom is -0.457 e. The molecule has 0 bridgehead atoms. The molecule has 1 aromatic heterocycles. The van der Waals surface area contributed by atoms with Crippen LogP contribution in [0, 0.1) is 17.4 Å². The molecule has 0 unspecified atom stereocenters. The number of hydrogen-bond acceptors (Lipinski definition) is 2. The lowest BCUT2D eigenvalue weighted by atomic mass is 10.1. The van der Waals surface area contributed by atoms with E-state index in [-0.39, 0.29) is 5.91 Å². The van der Waals surface area contributed by atoms with Crippen molar-refractivity contribution in [2.75, 3.05) is 5.32 Å². The van der Waals surface area contributed by atoms with Gasteiger partial charge in [-0.15, -0.1) is 0 Å². The molecule has 0 atom stereocenters. The summed E-state index contributed by atoms with van der Waals surface area (Å²) in [6, 6.07) is 15.3. The molecule has 0 saturated carbocycles. The molecule has 0 aliphatic heterocycles. The average molecular weight is 478 g/mol. The molecule has 1 amide bonds. The molecular formula is C21H17ClINO2. The molecule has 2 aromatic carbocycles. The second kappa shape index (κ2) is 8.10. The van der Waals surface area contributed by atoms with Crippen molar-refractivity contribution in [3.05, 3.63) is 80.1 Å². The molecule has 3 rings (SSSR count). The minimum atomic E-state index is -0.203. The van der Waals surface area contributed by atoms with E-state index < -0.39 is 0 Å². The normalized spacial score (nSPS) is 11.1.